The Morgan fingerprint density at radius 2 is 1.50 bits per heavy atom. The van der Waals surface area contributed by atoms with Gasteiger partial charge in [-0.2, -0.15) is 0 Å². The van der Waals surface area contributed by atoms with Crippen molar-refractivity contribution in [2.24, 2.45) is 0 Å². The summed E-state index contributed by atoms with van der Waals surface area (Å²) in [5.41, 5.74) is 2.22. The molecule has 5 heteroatoms. The first-order chi connectivity index (χ1) is 14.5. The Morgan fingerprint density at radius 1 is 0.867 bits per heavy atom. The number of nitrogens with zero attached hydrogens (tertiary/aromatic N) is 1. The highest BCUT2D eigenvalue weighted by molar-refractivity contribution is 7.90. The Labute approximate surface area is 178 Å². The first kappa shape index (κ1) is 21.5. The average molecular weight is 420 g/mol. The third-order valence-electron chi connectivity index (χ3n) is 4.78. The Bertz CT molecular complexity index is 1090. The zero-order chi connectivity index (χ0) is 21.4. The van der Waals surface area contributed by atoms with E-state index in [1.54, 1.807) is 65.6 Å². The molecule has 0 heterocycles. The van der Waals surface area contributed by atoms with Crippen molar-refractivity contribution in [3.05, 3.63) is 114 Å². The van der Waals surface area contributed by atoms with Crippen molar-refractivity contribution in [3.8, 4) is 0 Å². The standard InChI is InChI=1S/C25H25NO3S/c1-2-17-26(18-16-21-10-5-3-6-11-21)25(27)23-13-9-12-22(19-23)20-30(28,29)24-14-7-4-8-15-24/h2-15,19H,1,16-18,20H2. The second-order valence-corrected chi connectivity index (χ2v) is 9.04. The number of hydrogen-bond donors (Lipinski definition) is 0. The predicted octanol–water partition coefficient (Wildman–Crippen LogP) is 4.53. The molecule has 154 valence electrons. The van der Waals surface area contributed by atoms with Gasteiger partial charge in [-0.1, -0.05) is 66.7 Å². The van der Waals surface area contributed by atoms with Gasteiger partial charge in [0.05, 0.1) is 10.6 Å². The fourth-order valence-electron chi connectivity index (χ4n) is 3.25. The van der Waals surface area contributed by atoms with Gasteiger partial charge >= 0.3 is 0 Å². The molecule has 0 aliphatic heterocycles. The Hall–Kier alpha value is -3.18. The normalized spacial score (nSPS) is 11.1. The topological polar surface area (TPSA) is 54.5 Å². The van der Waals surface area contributed by atoms with Gasteiger partial charge in [0, 0.05) is 18.7 Å². The van der Waals surface area contributed by atoms with Crippen molar-refractivity contribution >= 4 is 15.7 Å². The Kier molecular flexibility index (Phi) is 7.20. The first-order valence-corrected chi connectivity index (χ1v) is 11.5. The molecular formula is C25H25NO3S. The van der Waals surface area contributed by atoms with Crippen LogP contribution in [0.2, 0.25) is 0 Å². The minimum atomic E-state index is -3.47. The van der Waals surface area contributed by atoms with E-state index in [0.717, 1.165) is 12.0 Å². The number of carbonyl (C=O) groups excluding carboxylic acids is 1. The maximum Gasteiger partial charge on any atom is 0.254 e. The third kappa shape index (κ3) is 5.67. The molecular weight excluding hydrogens is 394 g/mol. The van der Waals surface area contributed by atoms with Gasteiger partial charge in [-0.3, -0.25) is 4.79 Å². The van der Waals surface area contributed by atoms with Crippen molar-refractivity contribution in [1.29, 1.82) is 0 Å². The highest BCUT2D eigenvalue weighted by atomic mass is 32.2. The van der Waals surface area contributed by atoms with E-state index in [0.29, 0.717) is 24.2 Å². The summed E-state index contributed by atoms with van der Waals surface area (Å²) in [5, 5.41) is 0. The van der Waals surface area contributed by atoms with Gasteiger partial charge < -0.3 is 4.90 Å². The number of rotatable bonds is 9. The summed E-state index contributed by atoms with van der Waals surface area (Å²) >= 11 is 0. The van der Waals surface area contributed by atoms with Crippen molar-refractivity contribution < 1.29 is 13.2 Å². The van der Waals surface area contributed by atoms with Crippen molar-refractivity contribution in [1.82, 2.24) is 4.90 Å². The average Bonchev–Trinajstić information content (AvgIpc) is 2.77. The number of benzene rings is 3. The van der Waals surface area contributed by atoms with Crippen molar-refractivity contribution in [3.63, 3.8) is 0 Å². The monoisotopic (exact) mass is 419 g/mol. The molecule has 0 bridgehead atoms. The third-order valence-corrected chi connectivity index (χ3v) is 6.49. The summed E-state index contributed by atoms with van der Waals surface area (Å²) in [4.78, 5) is 15.1. The lowest BCUT2D eigenvalue weighted by Crippen LogP contribution is -2.33. The molecule has 3 rings (SSSR count). The molecule has 4 nitrogen and oxygen atoms in total. The van der Waals surface area contributed by atoms with E-state index < -0.39 is 9.84 Å². The molecule has 30 heavy (non-hydrogen) atoms. The van der Waals surface area contributed by atoms with Crippen LogP contribution in [-0.2, 0) is 22.0 Å². The molecule has 0 unspecified atom stereocenters. The zero-order valence-electron chi connectivity index (χ0n) is 16.8. The molecule has 3 aromatic carbocycles. The van der Waals surface area contributed by atoms with Crippen LogP contribution in [0.15, 0.2) is 102 Å². The highest BCUT2D eigenvalue weighted by Crippen LogP contribution is 2.18. The minimum absolute atomic E-state index is 0.134. The number of sulfone groups is 1. The van der Waals surface area contributed by atoms with E-state index in [9.17, 15) is 13.2 Å². The number of hydrogen-bond acceptors (Lipinski definition) is 3. The summed E-state index contributed by atoms with van der Waals surface area (Å²) in [6.07, 6.45) is 2.44. The Morgan fingerprint density at radius 3 is 2.17 bits per heavy atom. The predicted molar refractivity (Wildman–Crippen MR) is 120 cm³/mol. The molecule has 0 aliphatic carbocycles. The maximum absolute atomic E-state index is 13.1. The van der Waals surface area contributed by atoms with Crippen LogP contribution in [0.1, 0.15) is 21.5 Å². The molecule has 0 saturated carbocycles. The van der Waals surface area contributed by atoms with Gasteiger partial charge in [0.15, 0.2) is 9.84 Å². The molecule has 0 atom stereocenters. The Balaban J connectivity index is 1.75. The van der Waals surface area contributed by atoms with E-state index in [1.807, 2.05) is 30.3 Å². The highest BCUT2D eigenvalue weighted by Gasteiger charge is 2.18. The molecule has 0 saturated heterocycles. The van der Waals surface area contributed by atoms with Crippen LogP contribution in [0.4, 0.5) is 0 Å². The summed E-state index contributed by atoms with van der Waals surface area (Å²) in [6, 6.07) is 25.2. The van der Waals surface area contributed by atoms with Gasteiger partial charge in [0.1, 0.15) is 0 Å². The second kappa shape index (κ2) is 10.0. The molecule has 1 amide bonds. The quantitative estimate of drug-likeness (QED) is 0.479. The molecule has 0 fully saturated rings. The van der Waals surface area contributed by atoms with Crippen molar-refractivity contribution in [2.45, 2.75) is 17.1 Å². The minimum Gasteiger partial charge on any atom is -0.335 e. The van der Waals surface area contributed by atoms with Crippen LogP contribution in [0.25, 0.3) is 0 Å². The molecule has 0 N–H and O–H groups in total. The van der Waals surface area contributed by atoms with E-state index in [2.05, 4.69) is 6.58 Å². The fraction of sp³-hybridized carbons (Fsp3) is 0.160. The molecule has 0 radical (unpaired) electrons. The van der Waals surface area contributed by atoms with E-state index in [-0.39, 0.29) is 16.6 Å². The zero-order valence-corrected chi connectivity index (χ0v) is 17.6. The molecule has 0 spiro atoms. The first-order valence-electron chi connectivity index (χ1n) is 9.80. The molecule has 0 aromatic heterocycles. The lowest BCUT2D eigenvalue weighted by atomic mass is 10.1. The van der Waals surface area contributed by atoms with E-state index in [4.69, 9.17) is 0 Å². The molecule has 3 aromatic rings. The SMILES string of the molecule is C=CCN(CCc1ccccc1)C(=O)c1cccc(CS(=O)(=O)c2ccccc2)c1. The largest absolute Gasteiger partial charge is 0.335 e. The number of amides is 1. The van der Waals surface area contributed by atoms with E-state index >= 15 is 0 Å². The summed E-state index contributed by atoms with van der Waals surface area (Å²) in [7, 11) is -3.47. The van der Waals surface area contributed by atoms with Gasteiger partial charge in [-0.25, -0.2) is 8.42 Å². The molecule has 0 aliphatic rings. The van der Waals surface area contributed by atoms with Crippen molar-refractivity contribution in [2.75, 3.05) is 13.1 Å². The smallest absolute Gasteiger partial charge is 0.254 e. The lowest BCUT2D eigenvalue weighted by Gasteiger charge is -2.21. The second-order valence-electron chi connectivity index (χ2n) is 7.05. The van der Waals surface area contributed by atoms with Crippen LogP contribution in [0.3, 0.4) is 0 Å². The summed E-state index contributed by atoms with van der Waals surface area (Å²) < 4.78 is 25.3. The van der Waals surface area contributed by atoms with Gasteiger partial charge in [-0.15, -0.1) is 6.58 Å². The van der Waals surface area contributed by atoms with Crippen LogP contribution in [0.5, 0.6) is 0 Å². The van der Waals surface area contributed by atoms with Gasteiger partial charge in [-0.05, 0) is 41.8 Å². The van der Waals surface area contributed by atoms with Gasteiger partial charge in [0.25, 0.3) is 5.91 Å². The van der Waals surface area contributed by atoms with Crippen LogP contribution >= 0.6 is 0 Å². The summed E-state index contributed by atoms with van der Waals surface area (Å²) in [5.74, 6) is -0.284. The maximum atomic E-state index is 13.1. The van der Waals surface area contributed by atoms with Gasteiger partial charge in [0.2, 0.25) is 0 Å². The lowest BCUT2D eigenvalue weighted by molar-refractivity contribution is 0.0775. The van der Waals surface area contributed by atoms with Crippen LogP contribution in [-0.4, -0.2) is 32.3 Å². The van der Waals surface area contributed by atoms with E-state index in [1.165, 1.54) is 0 Å². The fourth-order valence-corrected chi connectivity index (χ4v) is 4.60. The number of carbonyl (C=O) groups is 1. The van der Waals surface area contributed by atoms with Crippen LogP contribution < -0.4 is 0 Å². The summed E-state index contributed by atoms with van der Waals surface area (Å²) in [6.45, 7) is 4.74. The van der Waals surface area contributed by atoms with Crippen LogP contribution in [0, 0.1) is 0 Å².